The van der Waals surface area contributed by atoms with Crippen molar-refractivity contribution in [1.29, 1.82) is 0 Å². The van der Waals surface area contributed by atoms with E-state index in [0.717, 1.165) is 37.9 Å². The second-order valence-electron chi connectivity index (χ2n) is 7.65. The predicted molar refractivity (Wildman–Crippen MR) is 96.0 cm³/mol. The van der Waals surface area contributed by atoms with Crippen LogP contribution >= 0.6 is 0 Å². The van der Waals surface area contributed by atoms with E-state index in [9.17, 15) is 4.79 Å². The molecule has 128 valence electrons. The van der Waals surface area contributed by atoms with E-state index in [4.69, 9.17) is 4.74 Å². The topological polar surface area (TPSA) is 42.4 Å². The Bertz CT molecular complexity index is 713. The molecule has 0 atom stereocenters. The lowest BCUT2D eigenvalue weighted by atomic mass is 9.90. The van der Waals surface area contributed by atoms with Crippen LogP contribution in [0.4, 0.5) is 4.79 Å². The fourth-order valence-electron chi connectivity index (χ4n) is 3.21. The van der Waals surface area contributed by atoms with Crippen LogP contribution in [-0.2, 0) is 11.2 Å². The average molecular weight is 326 g/mol. The lowest BCUT2D eigenvalue weighted by Gasteiger charge is -2.33. The number of amides is 1. The summed E-state index contributed by atoms with van der Waals surface area (Å²) in [6.07, 6.45) is 4.87. The summed E-state index contributed by atoms with van der Waals surface area (Å²) in [6, 6.07) is 10.5. The average Bonchev–Trinajstić information content (AvgIpc) is 2.54. The Morgan fingerprint density at radius 3 is 2.67 bits per heavy atom. The molecule has 1 aromatic heterocycles. The Hall–Kier alpha value is -2.10. The largest absolute Gasteiger partial charge is 0.444 e. The van der Waals surface area contributed by atoms with Gasteiger partial charge in [0, 0.05) is 24.7 Å². The van der Waals surface area contributed by atoms with E-state index in [1.807, 2.05) is 50.1 Å². The van der Waals surface area contributed by atoms with Gasteiger partial charge < -0.3 is 9.64 Å². The Morgan fingerprint density at radius 1 is 1.25 bits per heavy atom. The number of nitrogens with zero attached hydrogens (tertiary/aromatic N) is 2. The molecule has 0 saturated carbocycles. The summed E-state index contributed by atoms with van der Waals surface area (Å²) in [5.74, 6) is 0.603. The zero-order valence-electron chi connectivity index (χ0n) is 14.8. The Labute approximate surface area is 143 Å². The first-order valence-electron chi connectivity index (χ1n) is 8.72. The van der Waals surface area contributed by atoms with E-state index in [2.05, 4.69) is 17.1 Å². The van der Waals surface area contributed by atoms with E-state index in [1.54, 1.807) is 0 Å². The van der Waals surface area contributed by atoms with Gasteiger partial charge in [0.1, 0.15) is 5.60 Å². The molecule has 4 heteroatoms. The lowest BCUT2D eigenvalue weighted by molar-refractivity contribution is 0.0184. The number of piperidine rings is 1. The molecule has 1 fully saturated rings. The van der Waals surface area contributed by atoms with Crippen molar-refractivity contribution in [1.82, 2.24) is 9.88 Å². The van der Waals surface area contributed by atoms with Crippen molar-refractivity contribution in [2.75, 3.05) is 13.1 Å². The predicted octanol–water partition coefficient (Wildman–Crippen LogP) is 4.42. The Balaban J connectivity index is 1.55. The first-order valence-corrected chi connectivity index (χ1v) is 8.72. The number of carbonyl (C=O) groups excluding carboxylic acids is 1. The van der Waals surface area contributed by atoms with E-state index in [0.29, 0.717) is 5.92 Å². The van der Waals surface area contributed by atoms with Gasteiger partial charge >= 0.3 is 6.09 Å². The Morgan fingerprint density at radius 2 is 1.96 bits per heavy atom. The summed E-state index contributed by atoms with van der Waals surface area (Å²) in [5.41, 5.74) is 1.90. The first kappa shape index (κ1) is 16.7. The number of pyridine rings is 1. The molecule has 2 heterocycles. The molecule has 0 spiro atoms. The highest BCUT2D eigenvalue weighted by Gasteiger charge is 2.26. The van der Waals surface area contributed by atoms with Crippen LogP contribution in [0.1, 0.15) is 39.2 Å². The summed E-state index contributed by atoms with van der Waals surface area (Å²) in [7, 11) is 0. The SMILES string of the molecule is CC(C)(C)OC(=O)N1CCC(Cc2cnc3ccccc3c2)CC1. The first-order chi connectivity index (χ1) is 11.4. The number of hydrogen-bond acceptors (Lipinski definition) is 3. The van der Waals surface area contributed by atoms with Gasteiger partial charge in [0.05, 0.1) is 5.52 Å². The summed E-state index contributed by atoms with van der Waals surface area (Å²) < 4.78 is 5.46. The van der Waals surface area contributed by atoms with Gasteiger partial charge in [-0.25, -0.2) is 4.79 Å². The number of carbonyl (C=O) groups is 1. The summed E-state index contributed by atoms with van der Waals surface area (Å²) in [4.78, 5) is 18.5. The summed E-state index contributed by atoms with van der Waals surface area (Å²) in [6.45, 7) is 7.28. The summed E-state index contributed by atoms with van der Waals surface area (Å²) in [5, 5.41) is 1.20. The van der Waals surface area contributed by atoms with Crippen LogP contribution < -0.4 is 0 Å². The minimum Gasteiger partial charge on any atom is -0.444 e. The molecule has 4 nitrogen and oxygen atoms in total. The molecule has 0 unspecified atom stereocenters. The molecule has 0 N–H and O–H groups in total. The quantitative estimate of drug-likeness (QED) is 0.820. The summed E-state index contributed by atoms with van der Waals surface area (Å²) >= 11 is 0. The minimum absolute atomic E-state index is 0.187. The van der Waals surface area contributed by atoms with Crippen molar-refractivity contribution < 1.29 is 9.53 Å². The van der Waals surface area contributed by atoms with Gasteiger partial charge in [-0.3, -0.25) is 4.98 Å². The maximum absolute atomic E-state index is 12.1. The molecule has 1 saturated heterocycles. The second kappa shape index (κ2) is 6.80. The fraction of sp³-hybridized carbons (Fsp3) is 0.500. The molecule has 1 aliphatic rings. The van der Waals surface area contributed by atoms with Crippen LogP contribution in [0.15, 0.2) is 36.5 Å². The van der Waals surface area contributed by atoms with Crippen LogP contribution in [0.25, 0.3) is 10.9 Å². The molecule has 24 heavy (non-hydrogen) atoms. The number of ether oxygens (including phenoxy) is 1. The van der Waals surface area contributed by atoms with Crippen LogP contribution in [0, 0.1) is 5.92 Å². The van der Waals surface area contributed by atoms with Crippen molar-refractivity contribution >= 4 is 17.0 Å². The third-order valence-corrected chi connectivity index (χ3v) is 4.44. The third-order valence-electron chi connectivity index (χ3n) is 4.44. The van der Waals surface area contributed by atoms with Crippen molar-refractivity contribution in [2.24, 2.45) is 5.92 Å². The van der Waals surface area contributed by atoms with Crippen molar-refractivity contribution in [3.63, 3.8) is 0 Å². The van der Waals surface area contributed by atoms with Crippen LogP contribution in [0.2, 0.25) is 0 Å². The fourth-order valence-corrected chi connectivity index (χ4v) is 3.21. The van der Waals surface area contributed by atoms with Gasteiger partial charge in [-0.15, -0.1) is 0 Å². The normalized spacial score (nSPS) is 16.4. The smallest absolute Gasteiger partial charge is 0.410 e. The number of aromatic nitrogens is 1. The molecule has 3 rings (SSSR count). The van der Waals surface area contributed by atoms with E-state index in [-0.39, 0.29) is 6.09 Å². The third kappa shape index (κ3) is 4.25. The van der Waals surface area contributed by atoms with E-state index >= 15 is 0 Å². The molecular formula is C20H26N2O2. The molecular weight excluding hydrogens is 300 g/mol. The monoisotopic (exact) mass is 326 g/mol. The number of rotatable bonds is 2. The highest BCUT2D eigenvalue weighted by Crippen LogP contribution is 2.24. The van der Waals surface area contributed by atoms with Crippen LogP contribution in [-0.4, -0.2) is 34.7 Å². The number of fused-ring (bicyclic) bond motifs is 1. The maximum atomic E-state index is 12.1. The number of benzene rings is 1. The molecule has 1 amide bonds. The van der Waals surface area contributed by atoms with Crippen molar-refractivity contribution in [3.8, 4) is 0 Å². The molecule has 1 aliphatic heterocycles. The zero-order valence-corrected chi connectivity index (χ0v) is 14.8. The number of hydrogen-bond donors (Lipinski definition) is 0. The maximum Gasteiger partial charge on any atom is 0.410 e. The standard InChI is InChI=1S/C20H26N2O2/c1-20(2,3)24-19(23)22-10-8-15(9-11-22)12-16-13-17-6-4-5-7-18(17)21-14-16/h4-7,13-15H,8-12H2,1-3H3. The van der Waals surface area contributed by atoms with Crippen LogP contribution in [0.5, 0.6) is 0 Å². The van der Waals surface area contributed by atoms with Gasteiger partial charge in [0.25, 0.3) is 0 Å². The lowest BCUT2D eigenvalue weighted by Crippen LogP contribution is -2.42. The zero-order chi connectivity index (χ0) is 17.2. The van der Waals surface area contributed by atoms with Gasteiger partial charge in [-0.05, 0) is 63.6 Å². The van der Waals surface area contributed by atoms with Crippen molar-refractivity contribution in [3.05, 3.63) is 42.1 Å². The van der Waals surface area contributed by atoms with E-state index in [1.165, 1.54) is 10.9 Å². The second-order valence-corrected chi connectivity index (χ2v) is 7.65. The molecule has 0 bridgehead atoms. The molecule has 0 radical (unpaired) electrons. The Kier molecular flexibility index (Phi) is 4.74. The van der Waals surface area contributed by atoms with Gasteiger partial charge in [-0.1, -0.05) is 18.2 Å². The van der Waals surface area contributed by atoms with Crippen LogP contribution in [0.3, 0.4) is 0 Å². The molecule has 0 aliphatic carbocycles. The number of likely N-dealkylation sites (tertiary alicyclic amines) is 1. The van der Waals surface area contributed by atoms with Gasteiger partial charge in [0.2, 0.25) is 0 Å². The highest BCUT2D eigenvalue weighted by atomic mass is 16.6. The van der Waals surface area contributed by atoms with E-state index < -0.39 is 5.60 Å². The number of para-hydroxylation sites is 1. The molecule has 1 aromatic carbocycles. The highest BCUT2D eigenvalue weighted by molar-refractivity contribution is 5.78. The minimum atomic E-state index is -0.426. The van der Waals surface area contributed by atoms with Crippen molar-refractivity contribution in [2.45, 2.75) is 45.6 Å². The van der Waals surface area contributed by atoms with Gasteiger partial charge in [0.15, 0.2) is 0 Å². The van der Waals surface area contributed by atoms with Gasteiger partial charge in [-0.2, -0.15) is 0 Å². The molecule has 2 aromatic rings.